The van der Waals surface area contributed by atoms with Crippen molar-refractivity contribution in [2.75, 3.05) is 4.90 Å². The Bertz CT molecular complexity index is 2920. The molecule has 0 amide bonds. The first-order chi connectivity index (χ1) is 26.7. The summed E-state index contributed by atoms with van der Waals surface area (Å²) in [6.07, 6.45) is 0. The summed E-state index contributed by atoms with van der Waals surface area (Å²) in [5.41, 5.74) is 13.1. The van der Waals surface area contributed by atoms with Crippen LogP contribution in [0, 0.1) is 0 Å². The monoisotopic (exact) mass is 705 g/mol. The van der Waals surface area contributed by atoms with Crippen molar-refractivity contribution in [2.45, 2.75) is 0 Å². The topological polar surface area (TPSA) is 3.24 Å². The van der Waals surface area contributed by atoms with E-state index in [9.17, 15) is 0 Å². The molecule has 0 bridgehead atoms. The summed E-state index contributed by atoms with van der Waals surface area (Å²) in [5, 5.41) is 5.14. The third-order valence-corrected chi connectivity index (χ3v) is 11.6. The second-order valence-corrected chi connectivity index (χ2v) is 14.8. The van der Waals surface area contributed by atoms with Gasteiger partial charge in [-0.2, -0.15) is 0 Å². The van der Waals surface area contributed by atoms with E-state index in [1.807, 2.05) is 11.3 Å². The van der Waals surface area contributed by atoms with Gasteiger partial charge in [-0.3, -0.25) is 0 Å². The molecule has 0 aliphatic rings. The maximum Gasteiger partial charge on any atom is 0.0476 e. The van der Waals surface area contributed by atoms with Crippen LogP contribution in [-0.4, -0.2) is 0 Å². The van der Waals surface area contributed by atoms with Crippen molar-refractivity contribution >= 4 is 59.3 Å². The van der Waals surface area contributed by atoms with Crippen LogP contribution in [0.1, 0.15) is 0 Å². The van der Waals surface area contributed by atoms with E-state index in [1.165, 1.54) is 75.5 Å². The molecule has 1 heterocycles. The smallest absolute Gasteiger partial charge is 0.0476 e. The minimum absolute atomic E-state index is 1.11. The summed E-state index contributed by atoms with van der Waals surface area (Å²) < 4.78 is 2.60. The quantitative estimate of drug-likeness (QED) is 0.160. The SMILES string of the molecule is c1ccc(-c2cccc(-c3ccc(N(c4ccc(-c5cccc(-c6cccc7ccccc67)c5)cc4)c4ccc5c(c4)sc4ccccc45)cc3)c2)cc1. The van der Waals surface area contributed by atoms with E-state index in [0.717, 1.165) is 17.1 Å². The van der Waals surface area contributed by atoms with E-state index >= 15 is 0 Å². The molecular weight excluding hydrogens is 671 g/mol. The number of fused-ring (bicyclic) bond motifs is 4. The number of anilines is 3. The van der Waals surface area contributed by atoms with Crippen LogP contribution in [0.25, 0.3) is 75.5 Å². The van der Waals surface area contributed by atoms with Crippen molar-refractivity contribution in [1.29, 1.82) is 0 Å². The Labute approximate surface area is 319 Å². The van der Waals surface area contributed by atoms with Crippen molar-refractivity contribution < 1.29 is 0 Å². The van der Waals surface area contributed by atoms with Crippen molar-refractivity contribution in [3.8, 4) is 44.5 Å². The molecular formula is C52H35NS. The standard InChI is InChI=1S/C52H35NS/c1-2-11-36(12-3-1)40-15-8-16-41(33-40)37-23-27-44(28-24-37)53(46-31-32-50-49-20-6-7-22-51(49)54-52(50)35-46)45-29-25-38(26-30-45)42-17-9-18-43(34-42)48-21-10-14-39-13-4-5-19-47(39)48/h1-35H. The molecule has 10 rings (SSSR count). The van der Waals surface area contributed by atoms with Gasteiger partial charge in [0.25, 0.3) is 0 Å². The molecule has 254 valence electrons. The van der Waals surface area contributed by atoms with Gasteiger partial charge < -0.3 is 4.90 Å². The fourth-order valence-corrected chi connectivity index (χ4v) is 8.90. The predicted molar refractivity (Wildman–Crippen MR) is 233 cm³/mol. The maximum absolute atomic E-state index is 2.38. The molecule has 0 saturated carbocycles. The van der Waals surface area contributed by atoms with Crippen LogP contribution < -0.4 is 4.90 Å². The highest BCUT2D eigenvalue weighted by molar-refractivity contribution is 7.25. The molecule has 0 atom stereocenters. The largest absolute Gasteiger partial charge is 0.310 e. The summed E-state index contributed by atoms with van der Waals surface area (Å²) in [6.45, 7) is 0. The van der Waals surface area contributed by atoms with Gasteiger partial charge in [0.15, 0.2) is 0 Å². The van der Waals surface area contributed by atoms with Gasteiger partial charge in [-0.05, 0) is 110 Å². The summed E-state index contributed by atoms with van der Waals surface area (Å²) in [6, 6.07) is 77.1. The van der Waals surface area contributed by atoms with E-state index in [4.69, 9.17) is 0 Å². The lowest BCUT2D eigenvalue weighted by molar-refractivity contribution is 1.29. The van der Waals surface area contributed by atoms with Gasteiger partial charge in [0, 0.05) is 37.2 Å². The van der Waals surface area contributed by atoms with Gasteiger partial charge in [0.05, 0.1) is 0 Å². The zero-order valence-corrected chi connectivity index (χ0v) is 30.4. The summed E-state index contributed by atoms with van der Waals surface area (Å²) in [7, 11) is 0. The fourth-order valence-electron chi connectivity index (χ4n) is 7.76. The second kappa shape index (κ2) is 13.7. The number of hydrogen-bond acceptors (Lipinski definition) is 2. The molecule has 0 unspecified atom stereocenters. The highest BCUT2D eigenvalue weighted by Gasteiger charge is 2.16. The average Bonchev–Trinajstić information content (AvgIpc) is 3.62. The third-order valence-electron chi connectivity index (χ3n) is 10.5. The van der Waals surface area contributed by atoms with Gasteiger partial charge in [-0.25, -0.2) is 0 Å². The van der Waals surface area contributed by atoms with Gasteiger partial charge >= 0.3 is 0 Å². The Balaban J connectivity index is 1.03. The molecule has 0 N–H and O–H groups in total. The normalized spacial score (nSPS) is 11.3. The summed E-state index contributed by atoms with van der Waals surface area (Å²) in [4.78, 5) is 2.38. The Morgan fingerprint density at radius 2 is 0.759 bits per heavy atom. The third kappa shape index (κ3) is 5.93. The van der Waals surface area contributed by atoms with Crippen LogP contribution in [0.4, 0.5) is 17.1 Å². The molecule has 10 aromatic rings. The lowest BCUT2D eigenvalue weighted by atomic mass is 9.95. The minimum Gasteiger partial charge on any atom is -0.310 e. The zero-order valence-electron chi connectivity index (χ0n) is 29.6. The van der Waals surface area contributed by atoms with Gasteiger partial charge in [-0.15, -0.1) is 11.3 Å². The van der Waals surface area contributed by atoms with Crippen molar-refractivity contribution in [3.63, 3.8) is 0 Å². The van der Waals surface area contributed by atoms with E-state index in [0.29, 0.717) is 0 Å². The molecule has 1 nitrogen and oxygen atoms in total. The second-order valence-electron chi connectivity index (χ2n) is 13.8. The van der Waals surface area contributed by atoms with Crippen LogP contribution in [0.15, 0.2) is 212 Å². The molecule has 2 heteroatoms. The van der Waals surface area contributed by atoms with Crippen LogP contribution in [0.2, 0.25) is 0 Å². The number of thiophene rings is 1. The Morgan fingerprint density at radius 1 is 0.278 bits per heavy atom. The van der Waals surface area contributed by atoms with E-state index in [2.05, 4.69) is 217 Å². The van der Waals surface area contributed by atoms with Crippen molar-refractivity contribution in [1.82, 2.24) is 0 Å². The molecule has 0 aliphatic carbocycles. The van der Waals surface area contributed by atoms with E-state index in [-0.39, 0.29) is 0 Å². The van der Waals surface area contributed by atoms with Crippen molar-refractivity contribution in [2.24, 2.45) is 0 Å². The molecule has 0 saturated heterocycles. The van der Waals surface area contributed by atoms with Crippen LogP contribution in [0.5, 0.6) is 0 Å². The molecule has 0 spiro atoms. The summed E-state index contributed by atoms with van der Waals surface area (Å²) in [5.74, 6) is 0. The molecule has 0 radical (unpaired) electrons. The molecule has 1 aromatic heterocycles. The number of hydrogen-bond donors (Lipinski definition) is 0. The van der Waals surface area contributed by atoms with Crippen molar-refractivity contribution in [3.05, 3.63) is 212 Å². The van der Waals surface area contributed by atoms with Gasteiger partial charge in [0.2, 0.25) is 0 Å². The molecule has 0 fully saturated rings. The highest BCUT2D eigenvalue weighted by Crippen LogP contribution is 2.42. The minimum atomic E-state index is 1.11. The molecule has 0 aliphatic heterocycles. The first-order valence-corrected chi connectivity index (χ1v) is 19.2. The first-order valence-electron chi connectivity index (χ1n) is 18.4. The van der Waals surface area contributed by atoms with Crippen LogP contribution in [0.3, 0.4) is 0 Å². The van der Waals surface area contributed by atoms with Gasteiger partial charge in [-0.1, -0.05) is 158 Å². The maximum atomic E-state index is 2.38. The van der Waals surface area contributed by atoms with E-state index in [1.54, 1.807) is 0 Å². The average molecular weight is 706 g/mol. The molecule has 9 aromatic carbocycles. The number of nitrogens with zero attached hydrogens (tertiary/aromatic N) is 1. The fraction of sp³-hybridized carbons (Fsp3) is 0. The number of rotatable bonds is 7. The molecule has 54 heavy (non-hydrogen) atoms. The predicted octanol–water partition coefficient (Wildman–Crippen LogP) is 15.3. The highest BCUT2D eigenvalue weighted by atomic mass is 32.1. The number of benzene rings is 9. The Hall–Kier alpha value is -6.74. The van der Waals surface area contributed by atoms with Crippen LogP contribution in [-0.2, 0) is 0 Å². The summed E-state index contributed by atoms with van der Waals surface area (Å²) >= 11 is 1.86. The van der Waals surface area contributed by atoms with Crippen LogP contribution >= 0.6 is 11.3 Å². The van der Waals surface area contributed by atoms with E-state index < -0.39 is 0 Å². The lowest BCUT2D eigenvalue weighted by Crippen LogP contribution is -2.09. The Morgan fingerprint density at radius 3 is 1.46 bits per heavy atom. The zero-order chi connectivity index (χ0) is 35.8. The van der Waals surface area contributed by atoms with Gasteiger partial charge in [0.1, 0.15) is 0 Å². The Kier molecular flexibility index (Phi) is 8.09. The lowest BCUT2D eigenvalue weighted by Gasteiger charge is -2.26. The first kappa shape index (κ1) is 32.0.